The van der Waals surface area contributed by atoms with E-state index < -0.39 is 0 Å². The van der Waals surface area contributed by atoms with Crippen molar-refractivity contribution in [1.29, 1.82) is 5.26 Å². The predicted octanol–water partition coefficient (Wildman–Crippen LogP) is 3.45. The molecule has 0 aliphatic heterocycles. The highest BCUT2D eigenvalue weighted by Gasteiger charge is 2.01. The van der Waals surface area contributed by atoms with Crippen molar-refractivity contribution in [2.24, 2.45) is 0 Å². The second kappa shape index (κ2) is 4.41. The van der Waals surface area contributed by atoms with Crippen molar-refractivity contribution < 1.29 is 0 Å². The first kappa shape index (κ1) is 10.1. The fourth-order valence-electron chi connectivity index (χ4n) is 1.47. The summed E-state index contributed by atoms with van der Waals surface area (Å²) >= 11 is 3.47. The van der Waals surface area contributed by atoms with Gasteiger partial charge in [-0.1, -0.05) is 18.2 Å². The fourth-order valence-corrected chi connectivity index (χ4v) is 1.94. The number of hydrogen-bond donors (Lipinski definition) is 0. The molecule has 0 atom stereocenters. The summed E-state index contributed by atoms with van der Waals surface area (Å²) in [4.78, 5) is 4.51. The molecule has 0 fully saturated rings. The van der Waals surface area contributed by atoms with Crippen molar-refractivity contribution in [3.63, 3.8) is 0 Å². The van der Waals surface area contributed by atoms with Crippen LogP contribution in [-0.2, 0) is 6.42 Å². The van der Waals surface area contributed by atoms with E-state index in [0.29, 0.717) is 12.8 Å². The van der Waals surface area contributed by atoms with E-state index in [9.17, 15) is 0 Å². The Hall–Kier alpha value is -1.40. The first-order valence-corrected chi connectivity index (χ1v) is 5.51. The second-order valence-corrected chi connectivity index (χ2v) is 4.13. The summed E-state index contributed by atoms with van der Waals surface area (Å²) in [6.45, 7) is 0. The number of benzene rings is 1. The van der Waals surface area contributed by atoms with Crippen LogP contribution in [0, 0.1) is 11.3 Å². The van der Waals surface area contributed by atoms with Gasteiger partial charge in [-0.15, -0.1) is 0 Å². The highest BCUT2D eigenvalue weighted by molar-refractivity contribution is 9.10. The first-order chi connectivity index (χ1) is 7.31. The fraction of sp³-hybridized carbons (Fsp3) is 0.167. The zero-order chi connectivity index (χ0) is 10.7. The molecule has 0 aliphatic rings. The maximum absolute atomic E-state index is 8.51. The average Bonchev–Trinajstić information content (AvgIpc) is 2.27. The molecule has 2 nitrogen and oxygen atoms in total. The average molecular weight is 261 g/mol. The van der Waals surface area contributed by atoms with Crippen LogP contribution in [0.25, 0.3) is 10.9 Å². The van der Waals surface area contributed by atoms with Crippen LogP contribution in [0.1, 0.15) is 12.1 Å². The monoisotopic (exact) mass is 260 g/mol. The molecule has 1 aromatic heterocycles. The minimum Gasteiger partial charge on any atom is -0.252 e. The van der Waals surface area contributed by atoms with E-state index in [2.05, 4.69) is 27.0 Å². The molecule has 0 aliphatic carbocycles. The lowest BCUT2D eigenvalue weighted by Crippen LogP contribution is -1.90. The van der Waals surface area contributed by atoms with Gasteiger partial charge >= 0.3 is 0 Å². The maximum atomic E-state index is 8.51. The number of aryl methyl sites for hydroxylation is 1. The molecule has 2 aromatic rings. The van der Waals surface area contributed by atoms with Gasteiger partial charge in [0.25, 0.3) is 0 Å². The van der Waals surface area contributed by atoms with Gasteiger partial charge in [0.15, 0.2) is 0 Å². The minimum absolute atomic E-state index is 0.517. The number of halogens is 1. The molecule has 74 valence electrons. The Morgan fingerprint density at radius 1 is 1.27 bits per heavy atom. The summed E-state index contributed by atoms with van der Waals surface area (Å²) in [6, 6.07) is 12.1. The Kier molecular flexibility index (Phi) is 2.98. The second-order valence-electron chi connectivity index (χ2n) is 3.27. The molecule has 2 rings (SSSR count). The summed E-state index contributed by atoms with van der Waals surface area (Å²) in [5, 5.41) is 9.62. The van der Waals surface area contributed by atoms with E-state index in [1.807, 2.05) is 30.3 Å². The molecule has 0 N–H and O–H groups in total. The molecule has 0 spiro atoms. The van der Waals surface area contributed by atoms with Gasteiger partial charge in [0.05, 0.1) is 11.6 Å². The lowest BCUT2D eigenvalue weighted by molar-refractivity contribution is 0.963. The third-order valence-corrected chi connectivity index (χ3v) is 2.86. The quantitative estimate of drug-likeness (QED) is 0.830. The van der Waals surface area contributed by atoms with Crippen molar-refractivity contribution in [2.75, 3.05) is 0 Å². The van der Waals surface area contributed by atoms with Crippen molar-refractivity contribution in [3.8, 4) is 6.07 Å². The SMILES string of the molecule is N#CCCc1ccc2cccc(Br)c2n1. The maximum Gasteiger partial charge on any atom is 0.0847 e. The van der Waals surface area contributed by atoms with Crippen LogP contribution in [0.15, 0.2) is 34.8 Å². The van der Waals surface area contributed by atoms with Crippen LogP contribution in [0.4, 0.5) is 0 Å². The lowest BCUT2D eigenvalue weighted by Gasteiger charge is -2.02. The van der Waals surface area contributed by atoms with E-state index in [4.69, 9.17) is 5.26 Å². The lowest BCUT2D eigenvalue weighted by atomic mass is 10.1. The molecule has 0 radical (unpaired) electrons. The Bertz CT molecular complexity index is 529. The standard InChI is InChI=1S/C12H9BrN2/c13-11-5-1-3-9-6-7-10(4-2-8-14)15-12(9)11/h1,3,5-7H,2,4H2. The summed E-state index contributed by atoms with van der Waals surface area (Å²) < 4.78 is 0.999. The summed E-state index contributed by atoms with van der Waals surface area (Å²) in [6.07, 6.45) is 1.23. The largest absolute Gasteiger partial charge is 0.252 e. The highest BCUT2D eigenvalue weighted by Crippen LogP contribution is 2.22. The predicted molar refractivity (Wildman–Crippen MR) is 63.4 cm³/mol. The van der Waals surface area contributed by atoms with E-state index >= 15 is 0 Å². The summed E-state index contributed by atoms with van der Waals surface area (Å²) in [5.41, 5.74) is 1.93. The van der Waals surface area contributed by atoms with E-state index in [1.54, 1.807) is 0 Å². The summed E-state index contributed by atoms with van der Waals surface area (Å²) in [7, 11) is 0. The number of pyridine rings is 1. The molecular formula is C12H9BrN2. The number of para-hydroxylation sites is 1. The zero-order valence-electron chi connectivity index (χ0n) is 8.07. The van der Waals surface area contributed by atoms with E-state index in [1.165, 1.54) is 0 Å². The number of hydrogen-bond acceptors (Lipinski definition) is 2. The van der Waals surface area contributed by atoms with Gasteiger partial charge in [-0.2, -0.15) is 5.26 Å². The normalized spacial score (nSPS) is 10.1. The number of aromatic nitrogens is 1. The van der Waals surface area contributed by atoms with Crippen LogP contribution in [0.2, 0.25) is 0 Å². The summed E-state index contributed by atoms with van der Waals surface area (Å²) in [5.74, 6) is 0. The van der Waals surface area contributed by atoms with Crippen LogP contribution in [-0.4, -0.2) is 4.98 Å². The van der Waals surface area contributed by atoms with Gasteiger partial charge in [-0.05, 0) is 28.1 Å². The molecule has 0 saturated carbocycles. The third-order valence-electron chi connectivity index (χ3n) is 2.22. The third kappa shape index (κ3) is 2.16. The van der Waals surface area contributed by atoms with Crippen molar-refractivity contribution in [2.45, 2.75) is 12.8 Å². The molecule has 1 heterocycles. The van der Waals surface area contributed by atoms with Crippen LogP contribution in [0.3, 0.4) is 0 Å². The number of fused-ring (bicyclic) bond motifs is 1. The molecular weight excluding hydrogens is 252 g/mol. The van der Waals surface area contributed by atoms with Crippen LogP contribution >= 0.6 is 15.9 Å². The number of nitriles is 1. The van der Waals surface area contributed by atoms with Gasteiger partial charge in [-0.25, -0.2) is 0 Å². The first-order valence-electron chi connectivity index (χ1n) is 4.72. The Labute approximate surface area is 96.7 Å². The van der Waals surface area contributed by atoms with E-state index in [0.717, 1.165) is 21.1 Å². The minimum atomic E-state index is 0.517. The molecule has 15 heavy (non-hydrogen) atoms. The van der Waals surface area contributed by atoms with Crippen molar-refractivity contribution >= 4 is 26.8 Å². The zero-order valence-corrected chi connectivity index (χ0v) is 9.66. The van der Waals surface area contributed by atoms with Crippen molar-refractivity contribution in [3.05, 3.63) is 40.5 Å². The van der Waals surface area contributed by atoms with Crippen LogP contribution in [0.5, 0.6) is 0 Å². The Morgan fingerprint density at radius 3 is 2.93 bits per heavy atom. The molecule has 0 unspecified atom stereocenters. The van der Waals surface area contributed by atoms with E-state index in [-0.39, 0.29) is 0 Å². The Balaban J connectivity index is 2.46. The van der Waals surface area contributed by atoms with Gasteiger partial charge in [0.2, 0.25) is 0 Å². The smallest absolute Gasteiger partial charge is 0.0847 e. The Morgan fingerprint density at radius 2 is 2.13 bits per heavy atom. The molecule has 0 bridgehead atoms. The number of nitrogens with zero attached hydrogens (tertiary/aromatic N) is 2. The van der Waals surface area contributed by atoms with Gasteiger partial charge in [0, 0.05) is 28.4 Å². The molecule has 0 saturated heterocycles. The molecule has 1 aromatic carbocycles. The van der Waals surface area contributed by atoms with Crippen molar-refractivity contribution in [1.82, 2.24) is 4.98 Å². The van der Waals surface area contributed by atoms with Gasteiger partial charge < -0.3 is 0 Å². The van der Waals surface area contributed by atoms with Crippen LogP contribution < -0.4 is 0 Å². The molecule has 0 amide bonds. The highest BCUT2D eigenvalue weighted by atomic mass is 79.9. The van der Waals surface area contributed by atoms with Gasteiger partial charge in [0.1, 0.15) is 0 Å². The molecule has 3 heteroatoms. The van der Waals surface area contributed by atoms with Gasteiger partial charge in [-0.3, -0.25) is 4.98 Å². The number of rotatable bonds is 2. The topological polar surface area (TPSA) is 36.7 Å².